The summed E-state index contributed by atoms with van der Waals surface area (Å²) in [5.41, 5.74) is 3.88. The highest BCUT2D eigenvalue weighted by atomic mass is 16.7. The number of fused-ring (bicyclic) bond motifs is 4. The van der Waals surface area contributed by atoms with Crippen molar-refractivity contribution in [3.05, 3.63) is 47.2 Å². The molecule has 2 N–H and O–H groups in total. The first-order valence-corrected chi connectivity index (χ1v) is 12.0. The summed E-state index contributed by atoms with van der Waals surface area (Å²) in [6, 6.07) is 7.06. The summed E-state index contributed by atoms with van der Waals surface area (Å²) in [6.07, 6.45) is 4.58. The normalized spacial score (nSPS) is 17.3. The molecule has 182 valence electrons. The Morgan fingerprint density at radius 2 is 1.89 bits per heavy atom. The summed E-state index contributed by atoms with van der Waals surface area (Å²) in [6.45, 7) is 4.36. The zero-order chi connectivity index (χ0) is 23.9. The molecule has 0 atom stereocenters. The number of benzene rings is 1. The topological polar surface area (TPSA) is 105 Å². The van der Waals surface area contributed by atoms with E-state index in [1.54, 1.807) is 18.2 Å². The number of nitrogens with zero attached hydrogens (tertiary/aromatic N) is 4. The van der Waals surface area contributed by atoms with Crippen LogP contribution in [0.4, 0.5) is 5.82 Å². The number of amides is 2. The quantitative estimate of drug-likeness (QED) is 0.602. The van der Waals surface area contributed by atoms with Crippen LogP contribution in [0.2, 0.25) is 0 Å². The van der Waals surface area contributed by atoms with Gasteiger partial charge in [-0.15, -0.1) is 0 Å². The summed E-state index contributed by atoms with van der Waals surface area (Å²) >= 11 is 0. The van der Waals surface area contributed by atoms with Crippen molar-refractivity contribution in [2.75, 3.05) is 45.3 Å². The molecule has 10 nitrogen and oxygen atoms in total. The van der Waals surface area contributed by atoms with Crippen LogP contribution >= 0.6 is 0 Å². The maximum atomic E-state index is 13.3. The van der Waals surface area contributed by atoms with Crippen molar-refractivity contribution in [3.8, 4) is 22.9 Å². The zero-order valence-electron chi connectivity index (χ0n) is 19.7. The van der Waals surface area contributed by atoms with Gasteiger partial charge >= 0.3 is 0 Å². The fourth-order valence-electron chi connectivity index (χ4n) is 5.02. The molecule has 1 aromatic carbocycles. The van der Waals surface area contributed by atoms with E-state index in [0.29, 0.717) is 28.4 Å². The molecule has 3 aliphatic heterocycles. The minimum absolute atomic E-state index is 0.0678. The van der Waals surface area contributed by atoms with Crippen molar-refractivity contribution >= 4 is 17.6 Å². The minimum Gasteiger partial charge on any atom is -0.454 e. The number of aromatic amines is 1. The Labute approximate surface area is 202 Å². The minimum atomic E-state index is -0.265. The molecule has 0 bridgehead atoms. The van der Waals surface area contributed by atoms with E-state index in [-0.39, 0.29) is 18.6 Å². The molecule has 0 radical (unpaired) electrons. The number of ether oxygens (including phenoxy) is 2. The Kier molecular flexibility index (Phi) is 5.44. The third-order valence-electron chi connectivity index (χ3n) is 6.97. The molecule has 3 aliphatic rings. The number of hydrogen-bond donors (Lipinski definition) is 2. The van der Waals surface area contributed by atoms with E-state index >= 15 is 0 Å². The molecule has 0 unspecified atom stereocenters. The van der Waals surface area contributed by atoms with Gasteiger partial charge in [0, 0.05) is 43.5 Å². The predicted molar refractivity (Wildman–Crippen MR) is 129 cm³/mol. The van der Waals surface area contributed by atoms with Crippen LogP contribution in [-0.4, -0.2) is 76.4 Å². The van der Waals surface area contributed by atoms with Crippen LogP contribution in [0, 0.1) is 0 Å². The Balaban J connectivity index is 1.24. The van der Waals surface area contributed by atoms with Crippen molar-refractivity contribution in [2.24, 2.45) is 0 Å². The van der Waals surface area contributed by atoms with Crippen LogP contribution in [0.25, 0.3) is 11.4 Å². The van der Waals surface area contributed by atoms with Crippen LogP contribution in [-0.2, 0) is 13.0 Å². The standard InChI is InChI=1S/C25H28N6O4/c1-29-7-3-9-30(11-10-29)25(33)17-12-19-22-18(4-2-8-31(19)14-17)23(28-27-22)26-24(32)16-5-6-20-21(13-16)35-15-34-20/h5-6,12-14H,2-4,7-11,15H2,1H3,(H2,26,27,28,32). The lowest BCUT2D eigenvalue weighted by Crippen LogP contribution is -2.34. The van der Waals surface area contributed by atoms with Crippen LogP contribution in [0.1, 0.15) is 39.1 Å². The fraction of sp³-hybridized carbons (Fsp3) is 0.400. The van der Waals surface area contributed by atoms with E-state index in [1.807, 2.05) is 17.2 Å². The summed E-state index contributed by atoms with van der Waals surface area (Å²) in [7, 11) is 2.09. The third-order valence-corrected chi connectivity index (χ3v) is 6.97. The highest BCUT2D eigenvalue weighted by Gasteiger charge is 2.26. The van der Waals surface area contributed by atoms with Crippen LogP contribution in [0.3, 0.4) is 0 Å². The lowest BCUT2D eigenvalue weighted by atomic mass is 10.1. The number of likely N-dealkylation sites (N-methyl/N-ethyl adjacent to an activating group) is 1. The Morgan fingerprint density at radius 3 is 2.80 bits per heavy atom. The van der Waals surface area contributed by atoms with Gasteiger partial charge in [-0.05, 0) is 57.1 Å². The zero-order valence-corrected chi connectivity index (χ0v) is 19.7. The third kappa shape index (κ3) is 4.03. The Hall–Kier alpha value is -3.79. The van der Waals surface area contributed by atoms with Crippen molar-refractivity contribution < 1.29 is 19.1 Å². The molecule has 0 spiro atoms. The molecule has 3 aromatic rings. The number of nitrogens with one attached hydrogen (secondary N) is 2. The van der Waals surface area contributed by atoms with Crippen LogP contribution in [0.5, 0.6) is 11.5 Å². The first kappa shape index (κ1) is 21.7. The molecular weight excluding hydrogens is 448 g/mol. The fourth-order valence-corrected chi connectivity index (χ4v) is 5.02. The summed E-state index contributed by atoms with van der Waals surface area (Å²) in [5, 5.41) is 10.5. The Morgan fingerprint density at radius 1 is 1.00 bits per heavy atom. The SMILES string of the molecule is CN1CCCN(C(=O)c2cc3n(c2)CCCc2c(NC(=O)c4ccc5c(c4)OCO5)n[nH]c2-3)CC1. The van der Waals surface area contributed by atoms with Gasteiger partial charge < -0.3 is 29.2 Å². The van der Waals surface area contributed by atoms with Crippen molar-refractivity contribution in [3.63, 3.8) is 0 Å². The van der Waals surface area contributed by atoms with Crippen molar-refractivity contribution in [1.29, 1.82) is 0 Å². The van der Waals surface area contributed by atoms with Crippen molar-refractivity contribution in [1.82, 2.24) is 24.6 Å². The first-order valence-electron chi connectivity index (χ1n) is 12.0. The van der Waals surface area contributed by atoms with Gasteiger partial charge in [-0.2, -0.15) is 5.10 Å². The second-order valence-corrected chi connectivity index (χ2v) is 9.31. The van der Waals surface area contributed by atoms with Gasteiger partial charge in [-0.25, -0.2) is 0 Å². The largest absolute Gasteiger partial charge is 0.454 e. The first-order chi connectivity index (χ1) is 17.1. The molecule has 35 heavy (non-hydrogen) atoms. The average molecular weight is 477 g/mol. The molecule has 1 saturated heterocycles. The number of H-pyrrole nitrogens is 1. The number of hydrogen-bond acceptors (Lipinski definition) is 6. The Bertz CT molecular complexity index is 1300. The van der Waals surface area contributed by atoms with E-state index in [1.165, 1.54) is 0 Å². The monoisotopic (exact) mass is 476 g/mol. The lowest BCUT2D eigenvalue weighted by Gasteiger charge is -2.19. The number of aryl methyl sites for hydroxylation is 1. The van der Waals surface area contributed by atoms with E-state index in [9.17, 15) is 9.59 Å². The maximum Gasteiger partial charge on any atom is 0.257 e. The lowest BCUT2D eigenvalue weighted by molar-refractivity contribution is 0.0762. The number of carbonyl (C=O) groups excluding carboxylic acids is 2. The smallest absolute Gasteiger partial charge is 0.257 e. The van der Waals surface area contributed by atoms with Crippen LogP contribution < -0.4 is 14.8 Å². The van der Waals surface area contributed by atoms with Gasteiger partial charge in [-0.1, -0.05) is 0 Å². The van der Waals surface area contributed by atoms with Gasteiger partial charge in [0.2, 0.25) is 6.79 Å². The van der Waals surface area contributed by atoms with Crippen molar-refractivity contribution in [2.45, 2.75) is 25.8 Å². The van der Waals surface area contributed by atoms with Gasteiger partial charge in [0.05, 0.1) is 17.0 Å². The number of anilines is 1. The summed E-state index contributed by atoms with van der Waals surface area (Å²) in [5.74, 6) is 1.51. The van der Waals surface area contributed by atoms with E-state index in [0.717, 1.165) is 68.9 Å². The van der Waals surface area contributed by atoms with E-state index in [4.69, 9.17) is 9.47 Å². The molecule has 1 fully saturated rings. The number of aromatic nitrogens is 3. The summed E-state index contributed by atoms with van der Waals surface area (Å²) < 4.78 is 12.8. The van der Waals surface area contributed by atoms with Gasteiger partial charge in [0.15, 0.2) is 17.3 Å². The molecule has 2 amide bonds. The van der Waals surface area contributed by atoms with Gasteiger partial charge in [0.1, 0.15) is 0 Å². The van der Waals surface area contributed by atoms with Gasteiger partial charge in [-0.3, -0.25) is 14.7 Å². The van der Waals surface area contributed by atoms with E-state index in [2.05, 4.69) is 32.0 Å². The molecule has 2 aromatic heterocycles. The molecule has 0 saturated carbocycles. The number of rotatable bonds is 3. The molecule has 5 heterocycles. The van der Waals surface area contributed by atoms with Gasteiger partial charge in [0.25, 0.3) is 11.8 Å². The average Bonchev–Trinajstić information content (AvgIpc) is 3.53. The molecule has 10 heteroatoms. The summed E-state index contributed by atoms with van der Waals surface area (Å²) in [4.78, 5) is 30.4. The number of carbonyl (C=O) groups is 2. The predicted octanol–water partition coefficient (Wildman–Crippen LogP) is 2.58. The second kappa shape index (κ2) is 8.77. The maximum absolute atomic E-state index is 13.3. The van der Waals surface area contributed by atoms with E-state index < -0.39 is 0 Å². The molecule has 0 aliphatic carbocycles. The highest BCUT2D eigenvalue weighted by molar-refractivity contribution is 6.05. The molecular formula is C25H28N6O4. The highest BCUT2D eigenvalue weighted by Crippen LogP contribution is 2.35. The second-order valence-electron chi connectivity index (χ2n) is 9.31. The molecule has 6 rings (SSSR count). The van der Waals surface area contributed by atoms with Crippen LogP contribution in [0.15, 0.2) is 30.5 Å².